The molecular formula is C8H8F3NO2. The fraction of sp³-hybridized carbons (Fsp3) is 0.500. The molecule has 3 nitrogen and oxygen atoms in total. The van der Waals surface area contributed by atoms with Crippen LogP contribution >= 0.6 is 0 Å². The van der Waals surface area contributed by atoms with Crippen LogP contribution in [0.1, 0.15) is 6.92 Å². The lowest BCUT2D eigenvalue weighted by Gasteiger charge is -2.22. The van der Waals surface area contributed by atoms with Crippen molar-refractivity contribution in [1.29, 1.82) is 0 Å². The summed E-state index contributed by atoms with van der Waals surface area (Å²) in [6, 6.07) is 0. The molecule has 1 rings (SSSR count). The van der Waals surface area contributed by atoms with E-state index in [1.165, 1.54) is 13.0 Å². The lowest BCUT2D eigenvalue weighted by atomic mass is 9.88. The van der Waals surface area contributed by atoms with Crippen molar-refractivity contribution in [1.82, 2.24) is 0 Å². The van der Waals surface area contributed by atoms with E-state index in [0.29, 0.717) is 6.08 Å². The zero-order valence-corrected chi connectivity index (χ0v) is 7.28. The fourth-order valence-electron chi connectivity index (χ4n) is 1.28. The summed E-state index contributed by atoms with van der Waals surface area (Å²) in [7, 11) is 0. The number of nitro groups is 1. The van der Waals surface area contributed by atoms with E-state index in [2.05, 4.69) is 0 Å². The summed E-state index contributed by atoms with van der Waals surface area (Å²) in [4.78, 5) is 9.43. The van der Waals surface area contributed by atoms with Crippen LogP contribution in [0.3, 0.4) is 0 Å². The third-order valence-corrected chi connectivity index (χ3v) is 2.08. The summed E-state index contributed by atoms with van der Waals surface area (Å²) in [5.41, 5.74) is -0.495. The summed E-state index contributed by atoms with van der Waals surface area (Å²) in [6.45, 7) is 1.38. The molecule has 1 aliphatic rings. The highest BCUT2D eigenvalue weighted by Crippen LogP contribution is 2.36. The minimum absolute atomic E-state index is 0.495. The van der Waals surface area contributed by atoms with Crippen LogP contribution in [0.25, 0.3) is 0 Å². The van der Waals surface area contributed by atoms with Gasteiger partial charge in [0, 0.05) is 12.2 Å². The van der Waals surface area contributed by atoms with E-state index in [-0.39, 0.29) is 0 Å². The number of alkyl halides is 3. The second-order valence-electron chi connectivity index (χ2n) is 3.13. The van der Waals surface area contributed by atoms with Crippen molar-refractivity contribution < 1.29 is 18.1 Å². The van der Waals surface area contributed by atoms with Crippen LogP contribution in [-0.2, 0) is 0 Å². The van der Waals surface area contributed by atoms with Gasteiger partial charge in [-0.1, -0.05) is 13.0 Å². The molecule has 0 heterocycles. The Balaban J connectivity index is 2.97. The fourth-order valence-corrected chi connectivity index (χ4v) is 1.28. The molecule has 14 heavy (non-hydrogen) atoms. The smallest absolute Gasteiger partial charge is 0.258 e. The van der Waals surface area contributed by atoms with Crippen molar-refractivity contribution in [3.8, 4) is 0 Å². The van der Waals surface area contributed by atoms with Gasteiger partial charge < -0.3 is 0 Å². The maximum atomic E-state index is 12.3. The molecule has 0 fully saturated rings. The largest absolute Gasteiger partial charge is 0.395 e. The van der Waals surface area contributed by atoms with Crippen molar-refractivity contribution in [3.05, 3.63) is 34.0 Å². The first-order chi connectivity index (χ1) is 6.32. The van der Waals surface area contributed by atoms with Crippen molar-refractivity contribution in [3.63, 3.8) is 0 Å². The van der Waals surface area contributed by atoms with Gasteiger partial charge in [-0.05, 0) is 5.92 Å². The minimum Gasteiger partial charge on any atom is -0.258 e. The molecule has 0 saturated carbocycles. The highest BCUT2D eigenvalue weighted by atomic mass is 19.4. The summed E-state index contributed by atoms with van der Waals surface area (Å²) in [5, 5.41) is 10.3. The predicted octanol–water partition coefficient (Wildman–Crippen LogP) is 2.53. The molecule has 0 aromatic rings. The van der Waals surface area contributed by atoms with E-state index < -0.39 is 28.6 Å². The Bertz CT molecular complexity index is 306. The third kappa shape index (κ3) is 2.12. The van der Waals surface area contributed by atoms with Crippen LogP contribution in [0, 0.1) is 22.0 Å². The van der Waals surface area contributed by atoms with Gasteiger partial charge in [0.1, 0.15) is 0 Å². The lowest BCUT2D eigenvalue weighted by Crippen LogP contribution is -2.28. The molecule has 0 amide bonds. The van der Waals surface area contributed by atoms with E-state index in [9.17, 15) is 23.3 Å². The van der Waals surface area contributed by atoms with Crippen molar-refractivity contribution in [2.75, 3.05) is 0 Å². The van der Waals surface area contributed by atoms with Gasteiger partial charge in [0.15, 0.2) is 0 Å². The van der Waals surface area contributed by atoms with Crippen molar-refractivity contribution >= 4 is 0 Å². The van der Waals surface area contributed by atoms with E-state index >= 15 is 0 Å². The summed E-state index contributed by atoms with van der Waals surface area (Å²) in [5.74, 6) is -2.51. The number of hydrogen-bond donors (Lipinski definition) is 0. The van der Waals surface area contributed by atoms with Crippen LogP contribution in [0.4, 0.5) is 13.2 Å². The Hall–Kier alpha value is -1.33. The van der Waals surface area contributed by atoms with E-state index in [1.54, 1.807) is 0 Å². The average Bonchev–Trinajstić information content (AvgIpc) is 2.02. The first kappa shape index (κ1) is 10.7. The first-order valence-corrected chi connectivity index (χ1v) is 3.93. The molecule has 6 heteroatoms. The molecule has 78 valence electrons. The van der Waals surface area contributed by atoms with Crippen LogP contribution in [0.15, 0.2) is 23.9 Å². The van der Waals surface area contributed by atoms with Gasteiger partial charge in [0.2, 0.25) is 0 Å². The van der Waals surface area contributed by atoms with E-state index in [1.807, 2.05) is 0 Å². The van der Waals surface area contributed by atoms with Gasteiger partial charge in [0.25, 0.3) is 5.70 Å². The summed E-state index contributed by atoms with van der Waals surface area (Å²) in [6.07, 6.45) is -1.46. The topological polar surface area (TPSA) is 43.1 Å². The van der Waals surface area contributed by atoms with Crippen LogP contribution in [0.5, 0.6) is 0 Å². The SMILES string of the molecule is CC1C=CC([N+](=O)[O-])=CC1C(F)(F)F. The van der Waals surface area contributed by atoms with Gasteiger partial charge in [-0.25, -0.2) is 0 Å². The molecule has 0 aromatic carbocycles. The number of halogens is 3. The van der Waals surface area contributed by atoms with E-state index in [4.69, 9.17) is 0 Å². The molecule has 0 N–H and O–H groups in total. The zero-order valence-electron chi connectivity index (χ0n) is 7.28. The minimum atomic E-state index is -4.43. The molecule has 0 spiro atoms. The van der Waals surface area contributed by atoms with Gasteiger partial charge in [-0.3, -0.25) is 10.1 Å². The molecule has 0 bridgehead atoms. The second-order valence-corrected chi connectivity index (χ2v) is 3.13. The predicted molar refractivity (Wildman–Crippen MR) is 42.9 cm³/mol. The summed E-state index contributed by atoms with van der Waals surface area (Å²) >= 11 is 0. The maximum Gasteiger partial charge on any atom is 0.395 e. The molecule has 0 aliphatic heterocycles. The molecule has 2 unspecified atom stereocenters. The highest BCUT2D eigenvalue weighted by molar-refractivity contribution is 5.20. The number of allylic oxidation sites excluding steroid dienone is 3. The van der Waals surface area contributed by atoms with Crippen molar-refractivity contribution in [2.45, 2.75) is 13.1 Å². The van der Waals surface area contributed by atoms with E-state index in [0.717, 1.165) is 6.08 Å². The quantitative estimate of drug-likeness (QED) is 0.489. The van der Waals surface area contributed by atoms with Crippen LogP contribution in [0.2, 0.25) is 0 Å². The Kier molecular flexibility index (Phi) is 2.64. The number of nitrogens with zero attached hydrogens (tertiary/aromatic N) is 1. The van der Waals surface area contributed by atoms with Gasteiger partial charge in [0.05, 0.1) is 10.8 Å². The average molecular weight is 207 g/mol. The molecular weight excluding hydrogens is 199 g/mol. The van der Waals surface area contributed by atoms with Crippen LogP contribution < -0.4 is 0 Å². The molecule has 0 saturated heterocycles. The lowest BCUT2D eigenvalue weighted by molar-refractivity contribution is -0.420. The standard InChI is InChI=1S/C8H8F3NO2/c1-5-2-3-6(12(13)14)4-7(5)8(9,10)11/h2-5,7H,1H3. The van der Waals surface area contributed by atoms with Crippen LogP contribution in [-0.4, -0.2) is 11.1 Å². The molecule has 2 atom stereocenters. The zero-order chi connectivity index (χ0) is 10.9. The van der Waals surface area contributed by atoms with Gasteiger partial charge in [-0.2, -0.15) is 13.2 Å². The third-order valence-electron chi connectivity index (χ3n) is 2.08. The molecule has 0 aromatic heterocycles. The van der Waals surface area contributed by atoms with Crippen molar-refractivity contribution in [2.24, 2.45) is 11.8 Å². The van der Waals surface area contributed by atoms with Gasteiger partial charge >= 0.3 is 6.18 Å². The Morgan fingerprint density at radius 1 is 1.50 bits per heavy atom. The highest BCUT2D eigenvalue weighted by Gasteiger charge is 2.43. The maximum absolute atomic E-state index is 12.3. The molecule has 0 radical (unpaired) electrons. The first-order valence-electron chi connectivity index (χ1n) is 3.93. The second kappa shape index (κ2) is 3.43. The monoisotopic (exact) mass is 207 g/mol. The Labute approximate surface area is 78.1 Å². The Morgan fingerprint density at radius 2 is 2.07 bits per heavy atom. The number of hydrogen-bond acceptors (Lipinski definition) is 2. The summed E-state index contributed by atoms with van der Waals surface area (Å²) < 4.78 is 37.0. The Morgan fingerprint density at radius 3 is 2.50 bits per heavy atom. The van der Waals surface area contributed by atoms with Gasteiger partial charge in [-0.15, -0.1) is 0 Å². The number of rotatable bonds is 1. The molecule has 1 aliphatic carbocycles. The normalized spacial score (nSPS) is 27.3.